The van der Waals surface area contributed by atoms with E-state index in [9.17, 15) is 4.79 Å². The minimum Gasteiger partial charge on any atom is -0.383 e. The number of fused-ring (bicyclic) bond motifs is 1. The van der Waals surface area contributed by atoms with E-state index in [2.05, 4.69) is 9.88 Å². The molecule has 0 fully saturated rings. The molecular formula is C21H25N3O2. The highest BCUT2D eigenvalue weighted by Crippen LogP contribution is 2.21. The van der Waals surface area contributed by atoms with E-state index < -0.39 is 0 Å². The summed E-state index contributed by atoms with van der Waals surface area (Å²) in [6, 6.07) is 13.6. The normalized spacial score (nSPS) is 12.3. The average Bonchev–Trinajstić information content (AvgIpc) is 2.98. The van der Waals surface area contributed by atoms with Gasteiger partial charge in [0, 0.05) is 19.2 Å². The van der Waals surface area contributed by atoms with Crippen molar-refractivity contribution in [3.63, 3.8) is 0 Å². The van der Waals surface area contributed by atoms with Crippen LogP contribution in [0, 0.1) is 13.8 Å². The number of carbonyl (C=O) groups is 1. The third-order valence-electron chi connectivity index (χ3n) is 4.56. The molecule has 3 rings (SSSR count). The predicted molar refractivity (Wildman–Crippen MR) is 103 cm³/mol. The molecule has 1 N–H and O–H groups in total. The molecule has 26 heavy (non-hydrogen) atoms. The molecule has 0 aliphatic heterocycles. The van der Waals surface area contributed by atoms with Crippen molar-refractivity contribution in [1.29, 1.82) is 0 Å². The Bertz CT molecular complexity index is 930. The van der Waals surface area contributed by atoms with E-state index in [-0.39, 0.29) is 11.9 Å². The maximum atomic E-state index is 12.7. The molecule has 2 aromatic carbocycles. The van der Waals surface area contributed by atoms with Crippen molar-refractivity contribution in [3.8, 4) is 0 Å². The molecule has 0 aliphatic rings. The van der Waals surface area contributed by atoms with Crippen LogP contribution in [0.5, 0.6) is 0 Å². The SMILES string of the molecule is COCCn1c(C(C)NC(=O)c2ccc(C)cc2C)nc2ccccc21. The zero-order chi connectivity index (χ0) is 18.7. The van der Waals surface area contributed by atoms with E-state index in [1.807, 2.05) is 63.2 Å². The van der Waals surface area contributed by atoms with Gasteiger partial charge < -0.3 is 14.6 Å². The number of nitrogens with zero attached hydrogens (tertiary/aromatic N) is 2. The van der Waals surface area contributed by atoms with Crippen LogP contribution in [0.2, 0.25) is 0 Å². The summed E-state index contributed by atoms with van der Waals surface area (Å²) in [4.78, 5) is 17.5. The third-order valence-corrected chi connectivity index (χ3v) is 4.56. The fraction of sp³-hybridized carbons (Fsp3) is 0.333. The molecule has 1 atom stereocenters. The Morgan fingerprint density at radius 2 is 2.00 bits per heavy atom. The standard InChI is InChI=1S/C21H25N3O2/c1-14-9-10-17(15(2)13-14)21(25)22-16(3)20-23-18-7-5-6-8-19(18)24(20)11-12-26-4/h5-10,13,16H,11-12H2,1-4H3,(H,22,25). The number of para-hydroxylation sites is 2. The van der Waals surface area contributed by atoms with Gasteiger partial charge in [0.15, 0.2) is 0 Å². The molecule has 0 bridgehead atoms. The van der Waals surface area contributed by atoms with Gasteiger partial charge >= 0.3 is 0 Å². The van der Waals surface area contributed by atoms with Gasteiger partial charge in [-0.25, -0.2) is 4.98 Å². The quantitative estimate of drug-likeness (QED) is 0.735. The summed E-state index contributed by atoms with van der Waals surface area (Å²) in [7, 11) is 1.68. The second kappa shape index (κ2) is 7.70. The molecule has 136 valence electrons. The van der Waals surface area contributed by atoms with Gasteiger partial charge in [-0.1, -0.05) is 29.8 Å². The minimum atomic E-state index is -0.215. The number of nitrogens with one attached hydrogen (secondary N) is 1. The van der Waals surface area contributed by atoms with Crippen LogP contribution in [0.25, 0.3) is 11.0 Å². The number of rotatable bonds is 6. The van der Waals surface area contributed by atoms with Crippen LogP contribution in [0.1, 0.15) is 40.3 Å². The highest BCUT2D eigenvalue weighted by atomic mass is 16.5. The molecule has 3 aromatic rings. The van der Waals surface area contributed by atoms with Crippen LogP contribution in [0.3, 0.4) is 0 Å². The molecular weight excluding hydrogens is 326 g/mol. The van der Waals surface area contributed by atoms with Crippen molar-refractivity contribution in [2.45, 2.75) is 33.4 Å². The summed E-state index contributed by atoms with van der Waals surface area (Å²) in [5.41, 5.74) is 4.79. The van der Waals surface area contributed by atoms with Gasteiger partial charge in [-0.3, -0.25) is 4.79 Å². The second-order valence-electron chi connectivity index (χ2n) is 6.62. The number of amides is 1. The van der Waals surface area contributed by atoms with Crippen molar-refractivity contribution < 1.29 is 9.53 Å². The Balaban J connectivity index is 1.89. The molecule has 1 unspecified atom stereocenters. The molecule has 0 saturated heterocycles. The zero-order valence-corrected chi connectivity index (χ0v) is 15.7. The summed E-state index contributed by atoms with van der Waals surface area (Å²) in [5.74, 6) is 0.752. The monoisotopic (exact) mass is 351 g/mol. The first-order chi connectivity index (χ1) is 12.5. The molecule has 5 heteroatoms. The van der Waals surface area contributed by atoms with Gasteiger partial charge in [0.25, 0.3) is 5.91 Å². The van der Waals surface area contributed by atoms with Crippen molar-refractivity contribution in [3.05, 3.63) is 65.0 Å². The number of ether oxygens (including phenoxy) is 1. The van der Waals surface area contributed by atoms with E-state index in [0.29, 0.717) is 18.7 Å². The maximum Gasteiger partial charge on any atom is 0.252 e. The lowest BCUT2D eigenvalue weighted by Gasteiger charge is -2.17. The first kappa shape index (κ1) is 18.1. The van der Waals surface area contributed by atoms with Gasteiger partial charge in [0.05, 0.1) is 23.7 Å². The van der Waals surface area contributed by atoms with Crippen molar-refractivity contribution in [2.24, 2.45) is 0 Å². The Morgan fingerprint density at radius 3 is 2.73 bits per heavy atom. The van der Waals surface area contributed by atoms with Crippen LogP contribution in [-0.4, -0.2) is 29.2 Å². The van der Waals surface area contributed by atoms with Crippen LogP contribution in [-0.2, 0) is 11.3 Å². The lowest BCUT2D eigenvalue weighted by atomic mass is 10.0. The van der Waals surface area contributed by atoms with Crippen LogP contribution in [0.15, 0.2) is 42.5 Å². The first-order valence-electron chi connectivity index (χ1n) is 8.83. The average molecular weight is 351 g/mol. The zero-order valence-electron chi connectivity index (χ0n) is 15.7. The Labute approximate surface area is 154 Å². The lowest BCUT2D eigenvalue weighted by Crippen LogP contribution is -2.29. The topological polar surface area (TPSA) is 56.1 Å². The van der Waals surface area contributed by atoms with Gasteiger partial charge in [-0.15, -0.1) is 0 Å². The second-order valence-corrected chi connectivity index (χ2v) is 6.62. The van der Waals surface area contributed by atoms with Crippen molar-refractivity contribution >= 4 is 16.9 Å². The number of imidazole rings is 1. The van der Waals surface area contributed by atoms with Crippen LogP contribution in [0.4, 0.5) is 0 Å². The number of hydrogen-bond acceptors (Lipinski definition) is 3. The van der Waals surface area contributed by atoms with Crippen molar-refractivity contribution in [2.75, 3.05) is 13.7 Å². The molecule has 0 aliphatic carbocycles. The van der Waals surface area contributed by atoms with Crippen LogP contribution >= 0.6 is 0 Å². The fourth-order valence-corrected chi connectivity index (χ4v) is 3.25. The Kier molecular flexibility index (Phi) is 5.38. The highest BCUT2D eigenvalue weighted by Gasteiger charge is 2.19. The van der Waals surface area contributed by atoms with Gasteiger partial charge in [0.1, 0.15) is 5.82 Å². The van der Waals surface area contributed by atoms with E-state index in [1.54, 1.807) is 7.11 Å². The highest BCUT2D eigenvalue weighted by molar-refractivity contribution is 5.96. The minimum absolute atomic E-state index is 0.0830. The largest absolute Gasteiger partial charge is 0.383 e. The Hall–Kier alpha value is -2.66. The molecule has 1 amide bonds. The predicted octanol–water partition coefficient (Wildman–Crippen LogP) is 3.79. The first-order valence-corrected chi connectivity index (χ1v) is 8.83. The number of hydrogen-bond donors (Lipinski definition) is 1. The van der Waals surface area contributed by atoms with Gasteiger partial charge in [-0.2, -0.15) is 0 Å². The molecule has 1 heterocycles. The smallest absolute Gasteiger partial charge is 0.252 e. The summed E-state index contributed by atoms with van der Waals surface area (Å²) in [6.07, 6.45) is 0. The summed E-state index contributed by atoms with van der Waals surface area (Å²) >= 11 is 0. The molecule has 0 saturated carbocycles. The lowest BCUT2D eigenvalue weighted by molar-refractivity contribution is 0.0936. The van der Waals surface area contributed by atoms with Gasteiger partial charge in [-0.05, 0) is 44.5 Å². The molecule has 1 aromatic heterocycles. The Morgan fingerprint density at radius 1 is 1.23 bits per heavy atom. The maximum absolute atomic E-state index is 12.7. The van der Waals surface area contributed by atoms with Crippen molar-refractivity contribution in [1.82, 2.24) is 14.9 Å². The third kappa shape index (κ3) is 3.63. The van der Waals surface area contributed by atoms with E-state index in [1.165, 1.54) is 0 Å². The number of aryl methyl sites for hydroxylation is 2. The van der Waals surface area contributed by atoms with Gasteiger partial charge in [0.2, 0.25) is 0 Å². The van der Waals surface area contributed by atoms with Crippen LogP contribution < -0.4 is 5.32 Å². The molecule has 5 nitrogen and oxygen atoms in total. The molecule has 0 spiro atoms. The fourth-order valence-electron chi connectivity index (χ4n) is 3.25. The summed E-state index contributed by atoms with van der Waals surface area (Å²) in [5, 5.41) is 3.09. The number of carbonyl (C=O) groups excluding carboxylic acids is 1. The van der Waals surface area contributed by atoms with E-state index in [0.717, 1.165) is 28.0 Å². The van der Waals surface area contributed by atoms with E-state index >= 15 is 0 Å². The molecule has 0 radical (unpaired) electrons. The summed E-state index contributed by atoms with van der Waals surface area (Å²) in [6.45, 7) is 7.23. The van der Waals surface area contributed by atoms with E-state index in [4.69, 9.17) is 9.72 Å². The summed E-state index contributed by atoms with van der Waals surface area (Å²) < 4.78 is 7.36. The number of aromatic nitrogens is 2. The number of benzene rings is 2. The number of methoxy groups -OCH3 is 1.